The largest absolute Gasteiger partial charge is 0.377 e. The molecule has 0 bridgehead atoms. The molecule has 2 aliphatic heterocycles. The molecule has 1 amide bonds. The maximum atomic E-state index is 11.6. The van der Waals surface area contributed by atoms with Crippen molar-refractivity contribution < 1.29 is 9.53 Å². The van der Waals surface area contributed by atoms with E-state index in [1.54, 1.807) is 6.20 Å². The number of carbonyl (C=O) groups is 1. The maximum Gasteiger partial charge on any atom is 0.255 e. The highest BCUT2D eigenvalue weighted by Crippen LogP contribution is 2.23. The van der Waals surface area contributed by atoms with Gasteiger partial charge in [-0.05, 0) is 6.07 Å². The second kappa shape index (κ2) is 3.20. The molecule has 0 unspecified atom stereocenters. The van der Waals surface area contributed by atoms with Crippen LogP contribution in [-0.4, -0.2) is 30.1 Å². The van der Waals surface area contributed by atoms with Gasteiger partial charge in [-0.25, -0.2) is 0 Å². The summed E-state index contributed by atoms with van der Waals surface area (Å²) in [4.78, 5) is 15.7. The van der Waals surface area contributed by atoms with Gasteiger partial charge in [0.25, 0.3) is 5.91 Å². The Morgan fingerprint density at radius 3 is 3.13 bits per heavy atom. The van der Waals surface area contributed by atoms with Gasteiger partial charge < -0.3 is 15.4 Å². The second-order valence-electron chi connectivity index (χ2n) is 3.74. The number of hydrogen-bond donors (Lipinski definition) is 2. The van der Waals surface area contributed by atoms with Crippen molar-refractivity contribution in [3.05, 3.63) is 23.5 Å². The Morgan fingerprint density at radius 2 is 2.40 bits per heavy atom. The predicted molar refractivity (Wildman–Crippen MR) is 53.6 cm³/mol. The number of aromatic nitrogens is 1. The molecule has 3 heterocycles. The zero-order valence-corrected chi connectivity index (χ0v) is 8.12. The fourth-order valence-corrected chi connectivity index (χ4v) is 1.80. The smallest absolute Gasteiger partial charge is 0.255 e. The fraction of sp³-hybridized carbons (Fsp3) is 0.400. The summed E-state index contributed by atoms with van der Waals surface area (Å²) in [6.45, 7) is 1.95. The van der Waals surface area contributed by atoms with E-state index in [1.165, 1.54) is 0 Å². The van der Waals surface area contributed by atoms with Gasteiger partial charge >= 0.3 is 0 Å². The van der Waals surface area contributed by atoms with Crippen LogP contribution in [0.1, 0.15) is 16.1 Å². The lowest BCUT2D eigenvalue weighted by Crippen LogP contribution is -2.40. The minimum atomic E-state index is -0.0409. The number of nitrogens with one attached hydrogen (secondary N) is 2. The molecular weight excluding hydrogens is 194 g/mol. The third-order valence-corrected chi connectivity index (χ3v) is 2.67. The normalized spacial score (nSPS) is 19.3. The molecule has 5 heteroatoms. The van der Waals surface area contributed by atoms with Gasteiger partial charge in [-0.15, -0.1) is 0 Å². The lowest BCUT2D eigenvalue weighted by Gasteiger charge is -2.28. The number of amides is 1. The molecule has 2 N–H and O–H groups in total. The predicted octanol–water partition coefficient (Wildman–Crippen LogP) is 0.136. The molecule has 3 rings (SSSR count). The standard InChI is InChI=1S/C10H11N3O2/c14-10-9-7(13-6-4-15-5-6)1-2-11-8(9)3-12-10/h1-2,6H,3-5H2,(H,11,13)(H,12,14). The molecule has 1 saturated heterocycles. The van der Waals surface area contributed by atoms with E-state index in [1.807, 2.05) is 6.07 Å². The van der Waals surface area contributed by atoms with Gasteiger partial charge in [-0.1, -0.05) is 0 Å². The van der Waals surface area contributed by atoms with Gasteiger partial charge in [0, 0.05) is 6.20 Å². The maximum absolute atomic E-state index is 11.6. The average molecular weight is 205 g/mol. The molecule has 1 aromatic heterocycles. The molecular formula is C10H11N3O2. The number of ether oxygens (including phenoxy) is 1. The zero-order chi connectivity index (χ0) is 10.3. The van der Waals surface area contributed by atoms with Crippen molar-refractivity contribution in [1.82, 2.24) is 10.3 Å². The highest BCUT2D eigenvalue weighted by molar-refractivity contribution is 6.02. The fourth-order valence-electron chi connectivity index (χ4n) is 1.80. The van der Waals surface area contributed by atoms with Crippen LogP contribution in [0.3, 0.4) is 0 Å². The summed E-state index contributed by atoms with van der Waals surface area (Å²) in [7, 11) is 0. The van der Waals surface area contributed by atoms with Crippen LogP contribution in [0.15, 0.2) is 12.3 Å². The van der Waals surface area contributed by atoms with Crippen LogP contribution in [-0.2, 0) is 11.3 Å². The van der Waals surface area contributed by atoms with Crippen LogP contribution < -0.4 is 10.6 Å². The Hall–Kier alpha value is -1.62. The molecule has 0 saturated carbocycles. The van der Waals surface area contributed by atoms with Crippen molar-refractivity contribution in [2.75, 3.05) is 18.5 Å². The molecule has 1 aromatic rings. The highest BCUT2D eigenvalue weighted by atomic mass is 16.5. The summed E-state index contributed by atoms with van der Waals surface area (Å²) < 4.78 is 5.07. The van der Waals surface area contributed by atoms with Gasteiger partial charge in [-0.3, -0.25) is 9.78 Å². The Kier molecular flexibility index (Phi) is 1.85. The van der Waals surface area contributed by atoms with Crippen LogP contribution in [0.2, 0.25) is 0 Å². The molecule has 1 fully saturated rings. The van der Waals surface area contributed by atoms with Crippen molar-refractivity contribution in [2.24, 2.45) is 0 Å². The molecule has 5 nitrogen and oxygen atoms in total. The molecule has 2 aliphatic rings. The Balaban J connectivity index is 1.93. The van der Waals surface area contributed by atoms with Gasteiger partial charge in [0.15, 0.2) is 0 Å². The van der Waals surface area contributed by atoms with Crippen molar-refractivity contribution in [2.45, 2.75) is 12.6 Å². The Labute approximate surface area is 86.8 Å². The van der Waals surface area contributed by atoms with Crippen molar-refractivity contribution in [3.63, 3.8) is 0 Å². The van der Waals surface area contributed by atoms with E-state index in [-0.39, 0.29) is 5.91 Å². The molecule has 15 heavy (non-hydrogen) atoms. The summed E-state index contributed by atoms with van der Waals surface area (Å²) in [6, 6.07) is 2.16. The number of rotatable bonds is 2. The van der Waals surface area contributed by atoms with Crippen molar-refractivity contribution in [3.8, 4) is 0 Å². The van der Waals surface area contributed by atoms with Crippen molar-refractivity contribution >= 4 is 11.6 Å². The van der Waals surface area contributed by atoms with Crippen LogP contribution in [0.4, 0.5) is 5.69 Å². The summed E-state index contributed by atoms with van der Waals surface area (Å²) >= 11 is 0. The van der Waals surface area contributed by atoms with E-state index in [4.69, 9.17) is 4.74 Å². The first-order valence-electron chi connectivity index (χ1n) is 4.95. The van der Waals surface area contributed by atoms with Crippen LogP contribution in [0.25, 0.3) is 0 Å². The first-order valence-corrected chi connectivity index (χ1v) is 4.95. The number of hydrogen-bond acceptors (Lipinski definition) is 4. The molecule has 0 spiro atoms. The van der Waals surface area contributed by atoms with Crippen LogP contribution in [0.5, 0.6) is 0 Å². The number of fused-ring (bicyclic) bond motifs is 1. The molecule has 0 aliphatic carbocycles. The van der Waals surface area contributed by atoms with E-state index < -0.39 is 0 Å². The topological polar surface area (TPSA) is 63.2 Å². The zero-order valence-electron chi connectivity index (χ0n) is 8.12. The lowest BCUT2D eigenvalue weighted by atomic mass is 10.1. The van der Waals surface area contributed by atoms with Gasteiger partial charge in [-0.2, -0.15) is 0 Å². The minimum absolute atomic E-state index is 0.0409. The number of anilines is 1. The highest BCUT2D eigenvalue weighted by Gasteiger charge is 2.26. The second-order valence-corrected chi connectivity index (χ2v) is 3.74. The molecule has 0 aromatic carbocycles. The first kappa shape index (κ1) is 8.67. The summed E-state index contributed by atoms with van der Waals surface area (Å²) in [5.74, 6) is -0.0409. The number of carbonyl (C=O) groups excluding carboxylic acids is 1. The lowest BCUT2D eigenvalue weighted by molar-refractivity contribution is 0.0210. The van der Waals surface area contributed by atoms with Gasteiger partial charge in [0.05, 0.1) is 42.7 Å². The summed E-state index contributed by atoms with van der Waals surface area (Å²) in [6.07, 6.45) is 1.72. The number of nitrogens with zero attached hydrogens (tertiary/aromatic N) is 1. The number of pyridine rings is 1. The van der Waals surface area contributed by atoms with E-state index in [0.29, 0.717) is 31.4 Å². The molecule has 0 atom stereocenters. The van der Waals surface area contributed by atoms with Crippen LogP contribution in [0, 0.1) is 0 Å². The summed E-state index contributed by atoms with van der Waals surface area (Å²) in [5.41, 5.74) is 2.37. The van der Waals surface area contributed by atoms with Gasteiger partial charge in [0.1, 0.15) is 0 Å². The molecule has 0 radical (unpaired) electrons. The van der Waals surface area contributed by atoms with E-state index in [2.05, 4.69) is 15.6 Å². The van der Waals surface area contributed by atoms with E-state index >= 15 is 0 Å². The van der Waals surface area contributed by atoms with Crippen molar-refractivity contribution in [1.29, 1.82) is 0 Å². The SMILES string of the molecule is O=C1NCc2nccc(NC3COC3)c21. The van der Waals surface area contributed by atoms with Gasteiger partial charge in [0.2, 0.25) is 0 Å². The van der Waals surface area contributed by atoms with E-state index in [0.717, 1.165) is 11.4 Å². The monoisotopic (exact) mass is 205 g/mol. The molecule has 78 valence electrons. The Bertz CT molecular complexity index is 415. The average Bonchev–Trinajstić information content (AvgIpc) is 2.55. The third-order valence-electron chi connectivity index (χ3n) is 2.67. The third kappa shape index (κ3) is 1.35. The van der Waals surface area contributed by atoms with E-state index in [9.17, 15) is 4.79 Å². The Morgan fingerprint density at radius 1 is 1.53 bits per heavy atom. The minimum Gasteiger partial charge on any atom is -0.377 e. The quantitative estimate of drug-likeness (QED) is 0.720. The van der Waals surface area contributed by atoms with Crippen LogP contribution >= 0.6 is 0 Å². The summed E-state index contributed by atoms with van der Waals surface area (Å²) in [5, 5.41) is 6.05. The first-order chi connectivity index (χ1) is 7.34.